The summed E-state index contributed by atoms with van der Waals surface area (Å²) in [7, 11) is 0. The first-order valence-corrected chi connectivity index (χ1v) is 7.05. The Labute approximate surface area is 119 Å². The number of nitrogens with zero attached hydrogens (tertiary/aromatic N) is 1. The quantitative estimate of drug-likeness (QED) is 0.891. The van der Waals surface area contributed by atoms with Crippen molar-refractivity contribution < 1.29 is 4.79 Å². The zero-order valence-corrected chi connectivity index (χ0v) is 12.0. The van der Waals surface area contributed by atoms with Crippen molar-refractivity contribution in [1.29, 1.82) is 0 Å². The standard InChI is InChI=1S/C17H20N2O/c1-17(2)12-19(16(20)15-9-6-10-18-15)11-14(17)13-7-4-3-5-8-13/h3-10,14,18H,11-12H2,1-2H3/t14-/m1/s1. The molecule has 3 heteroatoms. The summed E-state index contributed by atoms with van der Waals surface area (Å²) in [6, 6.07) is 14.2. The average Bonchev–Trinajstić information content (AvgIpc) is 3.06. The van der Waals surface area contributed by atoms with Crippen LogP contribution in [0.1, 0.15) is 35.8 Å². The summed E-state index contributed by atoms with van der Waals surface area (Å²) in [6.45, 7) is 6.07. The van der Waals surface area contributed by atoms with E-state index in [9.17, 15) is 4.79 Å². The lowest BCUT2D eigenvalue weighted by Gasteiger charge is -2.25. The molecule has 1 aliphatic heterocycles. The Balaban J connectivity index is 1.84. The van der Waals surface area contributed by atoms with Gasteiger partial charge in [0.1, 0.15) is 5.69 Å². The predicted molar refractivity (Wildman–Crippen MR) is 79.7 cm³/mol. The molecule has 3 rings (SSSR count). The second kappa shape index (κ2) is 4.82. The fourth-order valence-corrected chi connectivity index (χ4v) is 3.16. The van der Waals surface area contributed by atoms with Crippen molar-refractivity contribution in [3.05, 3.63) is 59.9 Å². The Bertz CT molecular complexity index is 587. The summed E-state index contributed by atoms with van der Waals surface area (Å²) in [5, 5.41) is 0. The van der Waals surface area contributed by atoms with Crippen LogP contribution in [0.4, 0.5) is 0 Å². The number of nitrogens with one attached hydrogen (secondary N) is 1. The number of aromatic nitrogens is 1. The minimum atomic E-state index is 0.0986. The van der Waals surface area contributed by atoms with Gasteiger partial charge in [-0.15, -0.1) is 0 Å². The van der Waals surface area contributed by atoms with Gasteiger partial charge in [0.25, 0.3) is 5.91 Å². The highest BCUT2D eigenvalue weighted by atomic mass is 16.2. The topological polar surface area (TPSA) is 36.1 Å². The third kappa shape index (κ3) is 2.24. The summed E-state index contributed by atoms with van der Waals surface area (Å²) in [4.78, 5) is 17.4. The van der Waals surface area contributed by atoms with Crippen molar-refractivity contribution in [2.45, 2.75) is 19.8 Å². The number of H-pyrrole nitrogens is 1. The lowest BCUT2D eigenvalue weighted by molar-refractivity contribution is 0.0773. The first-order valence-electron chi connectivity index (χ1n) is 7.05. The van der Waals surface area contributed by atoms with Gasteiger partial charge in [-0.3, -0.25) is 4.79 Å². The maximum atomic E-state index is 12.5. The second-order valence-corrected chi connectivity index (χ2v) is 6.22. The minimum Gasteiger partial charge on any atom is -0.357 e. The van der Waals surface area contributed by atoms with E-state index in [1.54, 1.807) is 6.20 Å². The van der Waals surface area contributed by atoms with E-state index in [0.29, 0.717) is 11.6 Å². The van der Waals surface area contributed by atoms with Crippen LogP contribution in [0.25, 0.3) is 0 Å². The molecule has 0 spiro atoms. The summed E-state index contributed by atoms with van der Waals surface area (Å²) in [6.07, 6.45) is 1.79. The third-order valence-electron chi connectivity index (χ3n) is 4.26. The van der Waals surface area contributed by atoms with E-state index in [0.717, 1.165) is 13.1 Å². The van der Waals surface area contributed by atoms with Crippen molar-refractivity contribution in [1.82, 2.24) is 9.88 Å². The van der Waals surface area contributed by atoms with Crippen molar-refractivity contribution in [3.8, 4) is 0 Å². The minimum absolute atomic E-state index is 0.0986. The van der Waals surface area contributed by atoms with Gasteiger partial charge < -0.3 is 9.88 Å². The maximum Gasteiger partial charge on any atom is 0.270 e. The van der Waals surface area contributed by atoms with Crippen LogP contribution in [0, 0.1) is 5.41 Å². The molecule has 0 radical (unpaired) electrons. The molecule has 0 bridgehead atoms. The Hall–Kier alpha value is -2.03. The first kappa shape index (κ1) is 13.0. The van der Waals surface area contributed by atoms with Gasteiger partial charge >= 0.3 is 0 Å². The van der Waals surface area contributed by atoms with Gasteiger partial charge in [-0.25, -0.2) is 0 Å². The number of hydrogen-bond acceptors (Lipinski definition) is 1. The average molecular weight is 268 g/mol. The van der Waals surface area contributed by atoms with Crippen LogP contribution in [0.15, 0.2) is 48.7 Å². The SMILES string of the molecule is CC1(C)CN(C(=O)c2ccc[nH]2)C[C@@H]1c1ccccc1. The van der Waals surface area contributed by atoms with E-state index in [4.69, 9.17) is 0 Å². The van der Waals surface area contributed by atoms with Gasteiger partial charge in [-0.05, 0) is 23.1 Å². The van der Waals surface area contributed by atoms with E-state index >= 15 is 0 Å². The normalized spacial score (nSPS) is 21.1. The van der Waals surface area contributed by atoms with E-state index in [2.05, 4.69) is 43.1 Å². The zero-order chi connectivity index (χ0) is 14.2. The van der Waals surface area contributed by atoms with Gasteiger partial charge in [0.05, 0.1) is 0 Å². The van der Waals surface area contributed by atoms with Gasteiger partial charge in [-0.2, -0.15) is 0 Å². The van der Waals surface area contributed by atoms with Gasteiger partial charge in [0.2, 0.25) is 0 Å². The van der Waals surface area contributed by atoms with E-state index in [1.165, 1.54) is 5.56 Å². The van der Waals surface area contributed by atoms with Crippen LogP contribution < -0.4 is 0 Å². The number of carbonyl (C=O) groups excluding carboxylic acids is 1. The smallest absolute Gasteiger partial charge is 0.270 e. The van der Waals surface area contributed by atoms with Crippen LogP contribution in [-0.2, 0) is 0 Å². The summed E-state index contributed by atoms with van der Waals surface area (Å²) >= 11 is 0. The number of hydrogen-bond donors (Lipinski definition) is 1. The molecule has 1 aromatic carbocycles. The third-order valence-corrected chi connectivity index (χ3v) is 4.26. The molecule has 1 amide bonds. The molecule has 1 aliphatic rings. The van der Waals surface area contributed by atoms with Crippen LogP contribution in [-0.4, -0.2) is 28.9 Å². The number of rotatable bonds is 2. The molecule has 1 saturated heterocycles. The molecule has 20 heavy (non-hydrogen) atoms. The molecule has 1 aromatic heterocycles. The second-order valence-electron chi connectivity index (χ2n) is 6.22. The van der Waals surface area contributed by atoms with Crippen molar-refractivity contribution in [3.63, 3.8) is 0 Å². The molecule has 1 N–H and O–H groups in total. The van der Waals surface area contributed by atoms with Gasteiger partial charge in [0.15, 0.2) is 0 Å². The Morgan fingerprint density at radius 3 is 2.60 bits per heavy atom. The molecule has 1 atom stereocenters. The van der Waals surface area contributed by atoms with Crippen molar-refractivity contribution in [2.24, 2.45) is 5.41 Å². The van der Waals surface area contributed by atoms with Gasteiger partial charge in [0, 0.05) is 25.2 Å². The molecular formula is C17H20N2O. The van der Waals surface area contributed by atoms with Crippen LogP contribution >= 0.6 is 0 Å². The number of aromatic amines is 1. The summed E-state index contributed by atoms with van der Waals surface area (Å²) in [5.41, 5.74) is 2.10. The maximum absolute atomic E-state index is 12.5. The molecule has 3 nitrogen and oxygen atoms in total. The van der Waals surface area contributed by atoms with Crippen molar-refractivity contribution >= 4 is 5.91 Å². The Morgan fingerprint density at radius 2 is 1.95 bits per heavy atom. The molecule has 104 valence electrons. The molecule has 0 saturated carbocycles. The van der Waals surface area contributed by atoms with E-state index in [-0.39, 0.29) is 11.3 Å². The monoisotopic (exact) mass is 268 g/mol. The van der Waals surface area contributed by atoms with Crippen LogP contribution in [0.2, 0.25) is 0 Å². The lowest BCUT2D eigenvalue weighted by Crippen LogP contribution is -2.30. The predicted octanol–water partition coefficient (Wildman–Crippen LogP) is 3.28. The molecule has 2 aromatic rings. The molecule has 0 unspecified atom stereocenters. The molecule has 0 aliphatic carbocycles. The molecule has 2 heterocycles. The highest BCUT2D eigenvalue weighted by molar-refractivity contribution is 5.92. The largest absolute Gasteiger partial charge is 0.357 e. The summed E-state index contributed by atoms with van der Waals surface area (Å²) < 4.78 is 0. The number of carbonyl (C=O) groups is 1. The molecular weight excluding hydrogens is 248 g/mol. The molecule has 1 fully saturated rings. The van der Waals surface area contributed by atoms with Crippen molar-refractivity contribution in [2.75, 3.05) is 13.1 Å². The highest BCUT2D eigenvalue weighted by Crippen LogP contribution is 2.42. The fourth-order valence-electron chi connectivity index (χ4n) is 3.16. The summed E-state index contributed by atoms with van der Waals surface area (Å²) in [5.74, 6) is 0.490. The van der Waals surface area contributed by atoms with E-state index in [1.807, 2.05) is 23.1 Å². The highest BCUT2D eigenvalue weighted by Gasteiger charge is 2.42. The van der Waals surface area contributed by atoms with Crippen LogP contribution in [0.3, 0.4) is 0 Å². The number of benzene rings is 1. The Kier molecular flexibility index (Phi) is 3.13. The van der Waals surface area contributed by atoms with Gasteiger partial charge in [-0.1, -0.05) is 44.2 Å². The Morgan fingerprint density at radius 1 is 1.20 bits per heavy atom. The zero-order valence-electron chi connectivity index (χ0n) is 12.0. The van der Waals surface area contributed by atoms with Crippen LogP contribution in [0.5, 0.6) is 0 Å². The first-order chi connectivity index (χ1) is 9.58. The number of amides is 1. The fraction of sp³-hybridized carbons (Fsp3) is 0.353. The lowest BCUT2D eigenvalue weighted by atomic mass is 9.78. The van der Waals surface area contributed by atoms with E-state index < -0.39 is 0 Å². The number of likely N-dealkylation sites (tertiary alicyclic amines) is 1.